The summed E-state index contributed by atoms with van der Waals surface area (Å²) in [6.45, 7) is 3.53. The molecule has 1 N–H and O–H groups in total. The summed E-state index contributed by atoms with van der Waals surface area (Å²) in [5.41, 5.74) is 2.19. The van der Waals surface area contributed by atoms with E-state index in [4.69, 9.17) is 16.7 Å². The summed E-state index contributed by atoms with van der Waals surface area (Å²) in [5.74, 6) is 0.901. The average molecular weight is 465 g/mol. The van der Waals surface area contributed by atoms with E-state index in [0.717, 1.165) is 17.1 Å². The molecule has 2 aliphatic heterocycles. The van der Waals surface area contributed by atoms with Crippen molar-refractivity contribution in [2.75, 3.05) is 23.3 Å². The maximum Gasteiger partial charge on any atom is 0.321 e. The van der Waals surface area contributed by atoms with Crippen molar-refractivity contribution in [2.24, 2.45) is 0 Å². The molecular weight excluding hydrogens is 440 g/mol. The number of nitrogens with zero attached hydrogens (tertiary/aromatic N) is 5. The zero-order chi connectivity index (χ0) is 23.0. The number of benzene rings is 1. The minimum absolute atomic E-state index is 0.0817. The molecule has 5 rings (SSSR count). The van der Waals surface area contributed by atoms with Crippen molar-refractivity contribution in [3.63, 3.8) is 0 Å². The first-order valence-corrected chi connectivity index (χ1v) is 11.4. The van der Waals surface area contributed by atoms with E-state index in [1.165, 1.54) is 0 Å². The minimum atomic E-state index is -0.410. The molecule has 0 atom stereocenters. The van der Waals surface area contributed by atoms with Crippen molar-refractivity contribution in [3.05, 3.63) is 71.1 Å². The highest BCUT2D eigenvalue weighted by Crippen LogP contribution is 2.42. The van der Waals surface area contributed by atoms with Gasteiger partial charge in [0, 0.05) is 42.3 Å². The third-order valence-electron chi connectivity index (χ3n) is 6.49. The first-order chi connectivity index (χ1) is 15.9. The van der Waals surface area contributed by atoms with Crippen LogP contribution in [0.5, 0.6) is 0 Å². The van der Waals surface area contributed by atoms with Crippen LogP contribution in [-0.4, -0.2) is 44.7 Å². The smallest absolute Gasteiger partial charge is 0.321 e. The van der Waals surface area contributed by atoms with E-state index in [-0.39, 0.29) is 11.9 Å². The van der Waals surface area contributed by atoms with Crippen LogP contribution >= 0.6 is 11.6 Å². The number of rotatable bonds is 3. The second-order valence-corrected chi connectivity index (χ2v) is 9.15. The van der Waals surface area contributed by atoms with Gasteiger partial charge in [-0.25, -0.2) is 9.48 Å². The van der Waals surface area contributed by atoms with Gasteiger partial charge in [0.05, 0.1) is 24.2 Å². The van der Waals surface area contributed by atoms with Gasteiger partial charge in [0.1, 0.15) is 5.82 Å². The summed E-state index contributed by atoms with van der Waals surface area (Å²) >= 11 is 5.92. The number of amides is 3. The average Bonchev–Trinajstić information content (AvgIpc) is 3.22. The first kappa shape index (κ1) is 21.5. The summed E-state index contributed by atoms with van der Waals surface area (Å²) < 4.78 is 2.03. The Balaban J connectivity index is 1.33. The molecule has 0 radical (unpaired) electrons. The van der Waals surface area contributed by atoms with Crippen LogP contribution < -0.4 is 10.2 Å². The second kappa shape index (κ2) is 8.51. The summed E-state index contributed by atoms with van der Waals surface area (Å²) in [7, 11) is 0. The standard InChI is InChI=1S/C24H25ClN6O2/c1-17-14-21-30(16-18-6-10-26-11-7-18)22(32)15-24(31(21)28-17)8-12-29(13-9-24)23(33)27-20-4-2-19(25)3-5-20/h2-7,10-11,14H,8-9,12-13,15-16H2,1H3,(H,27,33). The van der Waals surface area contributed by atoms with Crippen molar-refractivity contribution >= 4 is 35.0 Å². The molecule has 1 saturated heterocycles. The number of halogens is 1. The van der Waals surface area contributed by atoms with Gasteiger partial charge < -0.3 is 10.2 Å². The summed E-state index contributed by atoms with van der Waals surface area (Å²) in [6, 6.07) is 12.7. The van der Waals surface area contributed by atoms with E-state index in [9.17, 15) is 9.59 Å². The summed E-state index contributed by atoms with van der Waals surface area (Å²) in [5, 5.41) is 8.32. The van der Waals surface area contributed by atoms with Crippen LogP contribution in [-0.2, 0) is 16.9 Å². The lowest BCUT2D eigenvalue weighted by Crippen LogP contribution is -2.55. The van der Waals surface area contributed by atoms with Crippen LogP contribution in [0.2, 0.25) is 5.02 Å². The van der Waals surface area contributed by atoms with Gasteiger partial charge in [0.2, 0.25) is 5.91 Å². The number of piperidine rings is 1. The van der Waals surface area contributed by atoms with Crippen LogP contribution in [0.4, 0.5) is 16.3 Å². The third kappa shape index (κ3) is 4.18. The van der Waals surface area contributed by atoms with Crippen molar-refractivity contribution in [2.45, 2.75) is 38.3 Å². The number of hydrogen-bond donors (Lipinski definition) is 1. The lowest BCUT2D eigenvalue weighted by molar-refractivity contribution is -0.123. The summed E-state index contributed by atoms with van der Waals surface area (Å²) in [4.78, 5) is 33.7. The fraction of sp³-hybridized carbons (Fsp3) is 0.333. The van der Waals surface area contributed by atoms with Crippen LogP contribution in [0, 0.1) is 6.92 Å². The van der Waals surface area contributed by atoms with Crippen molar-refractivity contribution in [1.82, 2.24) is 19.7 Å². The van der Waals surface area contributed by atoms with Gasteiger partial charge in [0.25, 0.3) is 0 Å². The van der Waals surface area contributed by atoms with Crippen LogP contribution in [0.3, 0.4) is 0 Å². The molecule has 170 valence electrons. The molecule has 0 aliphatic carbocycles. The SMILES string of the molecule is Cc1cc2n(n1)C1(CCN(C(=O)Nc3ccc(Cl)cc3)CC1)CC(=O)N2Cc1ccncc1. The van der Waals surface area contributed by atoms with Gasteiger partial charge in [-0.3, -0.25) is 14.7 Å². The maximum absolute atomic E-state index is 13.3. The highest BCUT2D eigenvalue weighted by molar-refractivity contribution is 6.30. The molecule has 1 fully saturated rings. The Bertz CT molecular complexity index is 1170. The van der Waals surface area contributed by atoms with Gasteiger partial charge in [-0.1, -0.05) is 11.6 Å². The molecule has 9 heteroatoms. The molecule has 1 spiro atoms. The van der Waals surface area contributed by atoms with Crippen LogP contribution in [0.15, 0.2) is 54.9 Å². The maximum atomic E-state index is 13.3. The first-order valence-electron chi connectivity index (χ1n) is 11.0. The van der Waals surface area contributed by atoms with E-state index in [2.05, 4.69) is 10.3 Å². The Labute approximate surface area is 197 Å². The molecule has 8 nitrogen and oxygen atoms in total. The number of pyridine rings is 1. The number of nitrogens with one attached hydrogen (secondary N) is 1. The fourth-order valence-electron chi connectivity index (χ4n) is 4.70. The van der Waals surface area contributed by atoms with Crippen molar-refractivity contribution in [1.29, 1.82) is 0 Å². The van der Waals surface area contributed by atoms with Gasteiger partial charge in [-0.15, -0.1) is 0 Å². The second-order valence-electron chi connectivity index (χ2n) is 8.72. The van der Waals surface area contributed by atoms with Gasteiger partial charge in [-0.2, -0.15) is 5.10 Å². The number of aryl methyl sites for hydroxylation is 1. The zero-order valence-electron chi connectivity index (χ0n) is 18.4. The predicted molar refractivity (Wildman–Crippen MR) is 126 cm³/mol. The van der Waals surface area contributed by atoms with Crippen molar-refractivity contribution < 1.29 is 9.59 Å². The molecule has 0 bridgehead atoms. The number of aromatic nitrogens is 3. The molecule has 2 aliphatic rings. The van der Waals surface area contributed by atoms with E-state index in [1.807, 2.05) is 29.8 Å². The molecule has 2 aromatic heterocycles. The van der Waals surface area contributed by atoms with Gasteiger partial charge in [0.15, 0.2) is 0 Å². The fourth-order valence-corrected chi connectivity index (χ4v) is 4.82. The number of carbonyl (C=O) groups is 2. The number of anilines is 2. The topological polar surface area (TPSA) is 83.4 Å². The van der Waals surface area contributed by atoms with Crippen LogP contribution in [0.25, 0.3) is 0 Å². The Morgan fingerprint density at radius 1 is 1.12 bits per heavy atom. The number of hydrogen-bond acceptors (Lipinski definition) is 4. The Morgan fingerprint density at radius 2 is 1.82 bits per heavy atom. The zero-order valence-corrected chi connectivity index (χ0v) is 19.1. The minimum Gasteiger partial charge on any atom is -0.324 e. The monoisotopic (exact) mass is 464 g/mol. The van der Waals surface area contributed by atoms with Crippen molar-refractivity contribution in [3.8, 4) is 0 Å². The number of urea groups is 1. The molecule has 4 heterocycles. The lowest BCUT2D eigenvalue weighted by Gasteiger charge is -2.46. The highest BCUT2D eigenvalue weighted by atomic mass is 35.5. The van der Waals surface area contributed by atoms with Gasteiger partial charge >= 0.3 is 6.03 Å². The van der Waals surface area contributed by atoms with Crippen LogP contribution in [0.1, 0.15) is 30.5 Å². The Morgan fingerprint density at radius 3 is 2.52 bits per heavy atom. The largest absolute Gasteiger partial charge is 0.324 e. The lowest BCUT2D eigenvalue weighted by atomic mass is 9.82. The molecule has 3 amide bonds. The molecule has 3 aromatic rings. The van der Waals surface area contributed by atoms with E-state index >= 15 is 0 Å². The van der Waals surface area contributed by atoms with E-state index < -0.39 is 5.54 Å². The molecule has 0 saturated carbocycles. The molecule has 1 aromatic carbocycles. The van der Waals surface area contributed by atoms with E-state index in [1.54, 1.807) is 46.5 Å². The number of carbonyl (C=O) groups excluding carboxylic acids is 2. The molecule has 33 heavy (non-hydrogen) atoms. The third-order valence-corrected chi connectivity index (χ3v) is 6.74. The molecular formula is C24H25ClN6O2. The Hall–Kier alpha value is -3.39. The van der Waals surface area contributed by atoms with Gasteiger partial charge in [-0.05, 0) is 61.7 Å². The predicted octanol–water partition coefficient (Wildman–Crippen LogP) is 4.20. The number of likely N-dealkylation sites (tertiary alicyclic amines) is 1. The highest BCUT2D eigenvalue weighted by Gasteiger charge is 2.46. The normalized spacial score (nSPS) is 17.2. The number of fused-ring (bicyclic) bond motifs is 2. The van der Waals surface area contributed by atoms with E-state index in [0.29, 0.717) is 49.6 Å². The Kier molecular flexibility index (Phi) is 5.54. The molecule has 0 unspecified atom stereocenters. The summed E-state index contributed by atoms with van der Waals surface area (Å²) in [6.07, 6.45) is 5.18. The quantitative estimate of drug-likeness (QED) is 0.629.